The molecule has 1 heterocycles. The summed E-state index contributed by atoms with van der Waals surface area (Å²) in [6.07, 6.45) is 4.88. The minimum absolute atomic E-state index is 0.0681. The molecule has 0 bridgehead atoms. The fourth-order valence-corrected chi connectivity index (χ4v) is 3.20. The smallest absolute Gasteiger partial charge is 0.0837 e. The molecule has 0 aliphatic rings. The quantitative estimate of drug-likeness (QED) is 0.821. The van der Waals surface area contributed by atoms with Crippen molar-refractivity contribution in [1.29, 1.82) is 0 Å². The molecule has 20 heavy (non-hydrogen) atoms. The van der Waals surface area contributed by atoms with Crippen LogP contribution in [0.3, 0.4) is 0 Å². The van der Waals surface area contributed by atoms with Crippen molar-refractivity contribution >= 4 is 23.4 Å². The number of hydrogen-bond acceptors (Lipinski definition) is 3. The summed E-state index contributed by atoms with van der Waals surface area (Å²) in [5, 5.41) is 8.56. The Labute approximate surface area is 129 Å². The lowest BCUT2D eigenvalue weighted by Crippen LogP contribution is -2.26. The highest BCUT2D eigenvalue weighted by atomic mass is 35.5. The van der Waals surface area contributed by atoms with Crippen molar-refractivity contribution < 1.29 is 0 Å². The van der Waals surface area contributed by atoms with Crippen LogP contribution in [0.2, 0.25) is 5.02 Å². The van der Waals surface area contributed by atoms with Gasteiger partial charge in [0.15, 0.2) is 0 Å². The van der Waals surface area contributed by atoms with E-state index in [1.807, 2.05) is 11.7 Å². The summed E-state index contributed by atoms with van der Waals surface area (Å²) in [6.45, 7) is 3.10. The van der Waals surface area contributed by atoms with Crippen molar-refractivity contribution in [1.82, 2.24) is 15.1 Å². The summed E-state index contributed by atoms with van der Waals surface area (Å²) in [5.41, 5.74) is 2.26. The molecule has 2 aromatic rings. The first-order valence-electron chi connectivity index (χ1n) is 6.72. The number of thioether (sulfide) groups is 1. The number of halogens is 1. The molecule has 0 saturated carbocycles. The highest BCUT2D eigenvalue weighted by molar-refractivity contribution is 7.98. The van der Waals surface area contributed by atoms with Gasteiger partial charge in [-0.2, -0.15) is 5.10 Å². The second-order valence-electron chi connectivity index (χ2n) is 4.63. The number of nitrogens with one attached hydrogen (secondary N) is 1. The summed E-state index contributed by atoms with van der Waals surface area (Å²) in [4.78, 5) is 1.26. The van der Waals surface area contributed by atoms with Gasteiger partial charge in [-0.3, -0.25) is 4.68 Å². The van der Waals surface area contributed by atoms with Crippen LogP contribution in [0.5, 0.6) is 0 Å². The lowest BCUT2D eigenvalue weighted by molar-refractivity contribution is 0.548. The minimum Gasteiger partial charge on any atom is -0.305 e. The van der Waals surface area contributed by atoms with Gasteiger partial charge in [0.1, 0.15) is 0 Å². The molecule has 1 atom stereocenters. The molecule has 0 aliphatic heterocycles. The van der Waals surface area contributed by atoms with Crippen LogP contribution in [0.15, 0.2) is 35.4 Å². The number of benzene rings is 1. The van der Waals surface area contributed by atoms with E-state index in [9.17, 15) is 0 Å². The Morgan fingerprint density at radius 1 is 1.40 bits per heavy atom. The number of aryl methyl sites for hydroxylation is 1. The molecule has 1 unspecified atom stereocenters. The first kappa shape index (κ1) is 15.4. The summed E-state index contributed by atoms with van der Waals surface area (Å²) < 4.78 is 1.85. The zero-order chi connectivity index (χ0) is 14.5. The zero-order valence-electron chi connectivity index (χ0n) is 12.1. The summed E-state index contributed by atoms with van der Waals surface area (Å²) in [5.74, 6) is 0. The molecule has 1 aromatic heterocycles. The molecule has 0 aliphatic carbocycles. The summed E-state index contributed by atoms with van der Waals surface area (Å²) in [7, 11) is 1.93. The van der Waals surface area contributed by atoms with Crippen molar-refractivity contribution in [2.24, 2.45) is 7.05 Å². The zero-order valence-corrected chi connectivity index (χ0v) is 13.6. The highest BCUT2D eigenvalue weighted by Crippen LogP contribution is 2.33. The first-order chi connectivity index (χ1) is 9.69. The first-order valence-corrected chi connectivity index (χ1v) is 8.33. The molecule has 2 rings (SSSR count). The SMILES string of the molecule is CCCNC(c1ccccc1SC)c1c(Cl)cnn1C. The largest absolute Gasteiger partial charge is 0.305 e. The second kappa shape index (κ2) is 7.16. The normalized spacial score (nSPS) is 12.6. The van der Waals surface area contributed by atoms with E-state index in [0.29, 0.717) is 5.02 Å². The molecule has 0 fully saturated rings. The average molecular weight is 310 g/mol. The molecule has 1 aromatic carbocycles. The molecule has 0 amide bonds. The Kier molecular flexibility index (Phi) is 5.52. The average Bonchev–Trinajstić information content (AvgIpc) is 2.80. The van der Waals surface area contributed by atoms with Crippen molar-refractivity contribution in [3.8, 4) is 0 Å². The minimum atomic E-state index is 0.0681. The second-order valence-corrected chi connectivity index (χ2v) is 5.89. The number of nitrogens with zero attached hydrogens (tertiary/aromatic N) is 2. The van der Waals surface area contributed by atoms with Crippen molar-refractivity contribution in [3.05, 3.63) is 46.7 Å². The molecule has 0 spiro atoms. The number of rotatable bonds is 6. The lowest BCUT2D eigenvalue weighted by atomic mass is 10.0. The van der Waals surface area contributed by atoms with E-state index < -0.39 is 0 Å². The van der Waals surface area contributed by atoms with Gasteiger partial charge in [0, 0.05) is 11.9 Å². The van der Waals surface area contributed by atoms with Gasteiger partial charge in [-0.05, 0) is 30.9 Å². The predicted octanol–water partition coefficient (Wildman–Crippen LogP) is 3.88. The molecule has 1 N–H and O–H groups in total. The topological polar surface area (TPSA) is 29.9 Å². The monoisotopic (exact) mass is 309 g/mol. The van der Waals surface area contributed by atoms with Gasteiger partial charge in [0.25, 0.3) is 0 Å². The lowest BCUT2D eigenvalue weighted by Gasteiger charge is -2.22. The molecule has 108 valence electrons. The third kappa shape index (κ3) is 3.19. The molecule has 5 heteroatoms. The maximum atomic E-state index is 6.33. The van der Waals surface area contributed by atoms with Crippen LogP contribution in [0, 0.1) is 0 Å². The van der Waals surface area contributed by atoms with E-state index in [0.717, 1.165) is 18.7 Å². The molecular formula is C15H20ClN3S. The third-order valence-electron chi connectivity index (χ3n) is 3.26. The Morgan fingerprint density at radius 2 is 2.15 bits per heavy atom. The van der Waals surface area contributed by atoms with Gasteiger partial charge in [0.2, 0.25) is 0 Å². The van der Waals surface area contributed by atoms with Crippen molar-refractivity contribution in [3.63, 3.8) is 0 Å². The van der Waals surface area contributed by atoms with E-state index in [-0.39, 0.29) is 6.04 Å². The summed E-state index contributed by atoms with van der Waals surface area (Å²) in [6, 6.07) is 8.50. The predicted molar refractivity (Wildman–Crippen MR) is 86.6 cm³/mol. The van der Waals surface area contributed by atoms with Crippen molar-refractivity contribution in [2.75, 3.05) is 12.8 Å². The maximum absolute atomic E-state index is 6.33. The van der Waals surface area contributed by atoms with E-state index in [1.54, 1.807) is 18.0 Å². The van der Waals surface area contributed by atoms with E-state index >= 15 is 0 Å². The van der Waals surface area contributed by atoms with E-state index in [4.69, 9.17) is 11.6 Å². The van der Waals surface area contributed by atoms with Gasteiger partial charge in [-0.25, -0.2) is 0 Å². The fourth-order valence-electron chi connectivity index (χ4n) is 2.29. The van der Waals surface area contributed by atoms with Gasteiger partial charge >= 0.3 is 0 Å². The molecule has 0 saturated heterocycles. The van der Waals surface area contributed by atoms with Crippen LogP contribution in [0.1, 0.15) is 30.6 Å². The van der Waals surface area contributed by atoms with Crippen LogP contribution >= 0.6 is 23.4 Å². The Balaban J connectivity index is 2.47. The Bertz CT molecular complexity index is 548. The van der Waals surface area contributed by atoms with Crippen LogP contribution in [0.4, 0.5) is 0 Å². The van der Waals surface area contributed by atoms with Gasteiger partial charge in [-0.1, -0.05) is 36.7 Å². The van der Waals surface area contributed by atoms with Crippen molar-refractivity contribution in [2.45, 2.75) is 24.3 Å². The summed E-state index contributed by atoms with van der Waals surface area (Å²) >= 11 is 8.09. The number of hydrogen-bond donors (Lipinski definition) is 1. The van der Waals surface area contributed by atoms with Crippen LogP contribution in [-0.2, 0) is 7.05 Å². The van der Waals surface area contributed by atoms with Gasteiger partial charge < -0.3 is 5.32 Å². The molecule has 3 nitrogen and oxygen atoms in total. The molecule has 0 radical (unpaired) electrons. The third-order valence-corrected chi connectivity index (χ3v) is 4.36. The van der Waals surface area contributed by atoms with Crippen LogP contribution < -0.4 is 5.32 Å². The number of aromatic nitrogens is 2. The Hall–Kier alpha value is -0.970. The fraction of sp³-hybridized carbons (Fsp3) is 0.400. The van der Waals surface area contributed by atoms with E-state index in [1.165, 1.54) is 10.5 Å². The van der Waals surface area contributed by atoms with E-state index in [2.05, 4.69) is 47.9 Å². The molecular weight excluding hydrogens is 290 g/mol. The standard InChI is InChI=1S/C15H20ClN3S/c1-4-9-17-14(15-12(16)10-18-19(15)2)11-7-5-6-8-13(11)20-3/h5-8,10,14,17H,4,9H2,1-3H3. The maximum Gasteiger partial charge on any atom is 0.0837 e. The highest BCUT2D eigenvalue weighted by Gasteiger charge is 2.22. The Morgan fingerprint density at radius 3 is 2.75 bits per heavy atom. The van der Waals surface area contributed by atoms with Gasteiger partial charge in [0.05, 0.1) is 23.0 Å². The van der Waals surface area contributed by atoms with Crippen LogP contribution in [-0.4, -0.2) is 22.6 Å². The van der Waals surface area contributed by atoms with Crippen LogP contribution in [0.25, 0.3) is 0 Å². The van der Waals surface area contributed by atoms with Gasteiger partial charge in [-0.15, -0.1) is 11.8 Å².